The van der Waals surface area contributed by atoms with Gasteiger partial charge < -0.3 is 15.0 Å². The Morgan fingerprint density at radius 2 is 2.12 bits per heavy atom. The third-order valence-corrected chi connectivity index (χ3v) is 6.67. The fraction of sp³-hybridized carbons (Fsp3) is 0.261. The molecule has 0 saturated heterocycles. The highest BCUT2D eigenvalue weighted by Crippen LogP contribution is 2.44. The molecule has 2 aliphatic heterocycles. The molecule has 164 valence electrons. The Morgan fingerprint density at radius 3 is 2.91 bits per heavy atom. The summed E-state index contributed by atoms with van der Waals surface area (Å²) in [6, 6.07) is 9.83. The van der Waals surface area contributed by atoms with E-state index in [0.717, 1.165) is 16.8 Å². The number of aromatic amines is 1. The molecule has 0 saturated carbocycles. The molecular formula is C23H20BrFN4O3. The van der Waals surface area contributed by atoms with Gasteiger partial charge in [-0.15, -0.1) is 0 Å². The van der Waals surface area contributed by atoms with Crippen molar-refractivity contribution in [2.45, 2.75) is 31.3 Å². The minimum Gasteiger partial charge on any atom is -0.453 e. The third-order valence-electron chi connectivity index (χ3n) is 6.03. The standard InChI is InChI=1S/C23H20BrFN4O3/c1-32-23(31)28-17-8-6-12-3-2-4-14-10-19(29(20(12)14)22(17)30)21-26-11-18(27-21)13-5-7-15(24)16(25)9-13/h2-5,7,9,11,17,19H,6,8,10H2,1H3,(H,26,27)(H,28,31)/t17-,19-/m0/s1. The van der Waals surface area contributed by atoms with Gasteiger partial charge in [0.1, 0.15) is 17.7 Å². The van der Waals surface area contributed by atoms with Gasteiger partial charge in [-0.1, -0.05) is 24.3 Å². The van der Waals surface area contributed by atoms with E-state index < -0.39 is 12.1 Å². The number of imidazole rings is 1. The lowest BCUT2D eigenvalue weighted by atomic mass is 10.0. The lowest BCUT2D eigenvalue weighted by Gasteiger charge is -2.27. The van der Waals surface area contributed by atoms with Crippen molar-refractivity contribution in [2.75, 3.05) is 12.0 Å². The highest BCUT2D eigenvalue weighted by atomic mass is 79.9. The summed E-state index contributed by atoms with van der Waals surface area (Å²) in [5.41, 5.74) is 4.34. The zero-order valence-electron chi connectivity index (χ0n) is 17.2. The molecular weight excluding hydrogens is 479 g/mol. The normalized spacial score (nSPS) is 19.5. The first-order valence-corrected chi connectivity index (χ1v) is 11.0. The average Bonchev–Trinajstić information content (AvgIpc) is 3.39. The number of alkyl carbamates (subject to hydrolysis) is 1. The highest BCUT2D eigenvalue weighted by molar-refractivity contribution is 9.10. The Hall–Kier alpha value is -3.20. The van der Waals surface area contributed by atoms with Gasteiger partial charge in [0.25, 0.3) is 0 Å². The minimum atomic E-state index is -0.696. The van der Waals surface area contributed by atoms with E-state index >= 15 is 0 Å². The van der Waals surface area contributed by atoms with Gasteiger partial charge >= 0.3 is 6.09 Å². The number of aryl methyl sites for hydroxylation is 1. The number of aromatic nitrogens is 2. The van der Waals surface area contributed by atoms with Crippen molar-refractivity contribution in [2.24, 2.45) is 0 Å². The highest BCUT2D eigenvalue weighted by Gasteiger charge is 2.42. The van der Waals surface area contributed by atoms with E-state index in [1.54, 1.807) is 23.2 Å². The molecule has 3 heterocycles. The fourth-order valence-corrected chi connectivity index (χ4v) is 4.75. The number of anilines is 1. The number of amides is 2. The first-order valence-electron chi connectivity index (χ1n) is 10.2. The maximum atomic E-state index is 14.0. The SMILES string of the molecule is COC(=O)N[C@H]1CCc2cccc3c2N(C1=O)[C@H](c1ncc(-c2ccc(Br)c(F)c2)[nH]1)C3. The van der Waals surface area contributed by atoms with Crippen molar-refractivity contribution in [3.05, 3.63) is 69.8 Å². The van der Waals surface area contributed by atoms with Crippen LogP contribution >= 0.6 is 15.9 Å². The molecule has 0 spiro atoms. The number of methoxy groups -OCH3 is 1. The van der Waals surface area contributed by atoms with Crippen molar-refractivity contribution >= 4 is 33.6 Å². The first-order chi connectivity index (χ1) is 15.5. The van der Waals surface area contributed by atoms with Gasteiger partial charge in [0.15, 0.2) is 0 Å². The summed E-state index contributed by atoms with van der Waals surface area (Å²) in [6.07, 6.45) is 2.75. The number of carbonyl (C=O) groups is 2. The first kappa shape index (κ1) is 20.7. The monoisotopic (exact) mass is 498 g/mol. The van der Waals surface area contributed by atoms with E-state index in [4.69, 9.17) is 4.74 Å². The van der Waals surface area contributed by atoms with E-state index in [9.17, 15) is 14.0 Å². The van der Waals surface area contributed by atoms with Gasteiger partial charge in [0.05, 0.1) is 35.2 Å². The third kappa shape index (κ3) is 3.46. The van der Waals surface area contributed by atoms with Gasteiger partial charge in [-0.3, -0.25) is 9.69 Å². The van der Waals surface area contributed by atoms with E-state index in [1.165, 1.54) is 13.2 Å². The molecule has 0 radical (unpaired) electrons. The van der Waals surface area contributed by atoms with Gasteiger partial charge in [-0.25, -0.2) is 14.2 Å². The fourth-order valence-electron chi connectivity index (χ4n) is 4.50. The molecule has 0 fully saturated rings. The van der Waals surface area contributed by atoms with Crippen LogP contribution in [0.25, 0.3) is 11.3 Å². The van der Waals surface area contributed by atoms with Gasteiger partial charge in [-0.2, -0.15) is 0 Å². The lowest BCUT2D eigenvalue weighted by Crippen LogP contribution is -2.48. The summed E-state index contributed by atoms with van der Waals surface area (Å²) >= 11 is 3.17. The number of carbonyl (C=O) groups excluding carboxylic acids is 2. The number of ether oxygens (including phenoxy) is 1. The summed E-state index contributed by atoms with van der Waals surface area (Å²) in [5.74, 6) is 0.0465. The number of rotatable bonds is 3. The molecule has 5 rings (SSSR count). The van der Waals surface area contributed by atoms with Gasteiger partial charge in [0.2, 0.25) is 5.91 Å². The van der Waals surface area contributed by atoms with Gasteiger partial charge in [0, 0.05) is 12.0 Å². The number of para-hydroxylation sites is 1. The van der Waals surface area contributed by atoms with Crippen LogP contribution in [0.4, 0.5) is 14.9 Å². The number of halogens is 2. The number of H-pyrrole nitrogens is 1. The van der Waals surface area contributed by atoms with Crippen LogP contribution < -0.4 is 10.2 Å². The largest absolute Gasteiger partial charge is 0.453 e. The van der Waals surface area contributed by atoms with E-state index in [0.29, 0.717) is 40.8 Å². The molecule has 32 heavy (non-hydrogen) atoms. The van der Waals surface area contributed by atoms with Crippen LogP contribution in [-0.4, -0.2) is 35.1 Å². The van der Waals surface area contributed by atoms with E-state index in [2.05, 4.69) is 31.2 Å². The van der Waals surface area contributed by atoms with Crippen molar-refractivity contribution in [1.29, 1.82) is 0 Å². The summed E-state index contributed by atoms with van der Waals surface area (Å²) in [4.78, 5) is 34.9. The topological polar surface area (TPSA) is 87.3 Å². The molecule has 9 heteroatoms. The zero-order valence-corrected chi connectivity index (χ0v) is 18.8. The Kier molecular flexibility index (Phi) is 5.21. The Bertz CT molecular complexity index is 1230. The van der Waals surface area contributed by atoms with Crippen LogP contribution in [0.1, 0.15) is 29.4 Å². The molecule has 0 aliphatic carbocycles. The molecule has 3 aromatic rings. The zero-order chi connectivity index (χ0) is 22.4. The van der Waals surface area contributed by atoms with E-state index in [-0.39, 0.29) is 17.8 Å². The number of hydrogen-bond acceptors (Lipinski definition) is 4. The predicted molar refractivity (Wildman–Crippen MR) is 120 cm³/mol. The number of hydrogen-bond donors (Lipinski definition) is 2. The molecule has 2 N–H and O–H groups in total. The second-order valence-electron chi connectivity index (χ2n) is 7.89. The lowest BCUT2D eigenvalue weighted by molar-refractivity contribution is -0.121. The molecule has 2 aliphatic rings. The molecule has 2 amide bonds. The number of nitrogens with zero attached hydrogens (tertiary/aromatic N) is 2. The quantitative estimate of drug-likeness (QED) is 0.564. The molecule has 0 unspecified atom stereocenters. The van der Waals surface area contributed by atoms with E-state index in [1.807, 2.05) is 18.2 Å². The maximum Gasteiger partial charge on any atom is 0.407 e. The Balaban J connectivity index is 1.52. The van der Waals surface area contributed by atoms with Crippen LogP contribution in [0.15, 0.2) is 47.1 Å². The van der Waals surface area contributed by atoms with Crippen molar-refractivity contribution < 1.29 is 18.7 Å². The van der Waals surface area contributed by atoms with Crippen molar-refractivity contribution in [3.8, 4) is 11.3 Å². The van der Waals surface area contributed by atoms with Crippen LogP contribution in [0, 0.1) is 5.82 Å². The van der Waals surface area contributed by atoms with Crippen LogP contribution in [0.3, 0.4) is 0 Å². The van der Waals surface area contributed by atoms with Crippen LogP contribution in [0.2, 0.25) is 0 Å². The average molecular weight is 499 g/mol. The summed E-state index contributed by atoms with van der Waals surface area (Å²) < 4.78 is 19.1. The second-order valence-corrected chi connectivity index (χ2v) is 8.75. The summed E-state index contributed by atoms with van der Waals surface area (Å²) in [7, 11) is 1.28. The number of benzene rings is 2. The smallest absolute Gasteiger partial charge is 0.407 e. The molecule has 1 aromatic heterocycles. The molecule has 0 bridgehead atoms. The Morgan fingerprint density at radius 1 is 1.31 bits per heavy atom. The van der Waals surface area contributed by atoms with Gasteiger partial charge in [-0.05, 0) is 52.0 Å². The molecule has 7 nitrogen and oxygen atoms in total. The second kappa shape index (κ2) is 8.05. The van der Waals surface area contributed by atoms with Crippen LogP contribution in [0.5, 0.6) is 0 Å². The summed E-state index contributed by atoms with van der Waals surface area (Å²) in [6.45, 7) is 0. The molecule has 2 atom stereocenters. The summed E-state index contributed by atoms with van der Waals surface area (Å²) in [5, 5.41) is 2.67. The Labute approximate surface area is 192 Å². The minimum absolute atomic E-state index is 0.197. The predicted octanol–water partition coefficient (Wildman–Crippen LogP) is 4.28. The maximum absolute atomic E-state index is 14.0. The van der Waals surface area contributed by atoms with Crippen molar-refractivity contribution in [1.82, 2.24) is 15.3 Å². The van der Waals surface area contributed by atoms with Crippen LogP contribution in [-0.2, 0) is 22.4 Å². The molecule has 2 aromatic carbocycles. The van der Waals surface area contributed by atoms with Crippen molar-refractivity contribution in [3.63, 3.8) is 0 Å². The number of nitrogens with one attached hydrogen (secondary N) is 2.